The van der Waals surface area contributed by atoms with Crippen LogP contribution in [-0.2, 0) is 14.3 Å². The van der Waals surface area contributed by atoms with Crippen molar-refractivity contribution in [1.29, 1.82) is 0 Å². The number of benzene rings is 1. The Morgan fingerprint density at radius 3 is 2.33 bits per heavy atom. The molecule has 21 heavy (non-hydrogen) atoms. The summed E-state index contributed by atoms with van der Waals surface area (Å²) in [6, 6.07) is 5.96. The summed E-state index contributed by atoms with van der Waals surface area (Å²) in [6.45, 7) is 8.31. The van der Waals surface area contributed by atoms with Crippen LogP contribution in [0.15, 0.2) is 18.2 Å². The Balaban J connectivity index is 2.46. The molecule has 1 aromatic carbocycles. The fourth-order valence-electron chi connectivity index (χ4n) is 3.19. The van der Waals surface area contributed by atoms with Gasteiger partial charge in [-0.3, -0.25) is 9.59 Å². The van der Waals surface area contributed by atoms with Crippen LogP contribution in [0, 0.1) is 25.2 Å². The van der Waals surface area contributed by atoms with E-state index in [0.717, 1.165) is 16.8 Å². The lowest BCUT2D eigenvalue weighted by Crippen LogP contribution is -2.40. The number of hydrogen-bond acceptors (Lipinski definition) is 3. The highest BCUT2D eigenvalue weighted by atomic mass is 16.5. The van der Waals surface area contributed by atoms with Crippen LogP contribution in [-0.4, -0.2) is 25.5 Å². The Morgan fingerprint density at radius 2 is 1.86 bits per heavy atom. The van der Waals surface area contributed by atoms with Crippen molar-refractivity contribution in [3.63, 3.8) is 0 Å². The first-order valence-electron chi connectivity index (χ1n) is 7.28. The molecule has 0 aromatic heterocycles. The second-order valence-corrected chi connectivity index (χ2v) is 6.20. The minimum atomic E-state index is -0.749. The van der Waals surface area contributed by atoms with E-state index in [1.807, 2.05) is 45.9 Å². The highest BCUT2D eigenvalue weighted by molar-refractivity contribution is 6.02. The second kappa shape index (κ2) is 5.51. The zero-order valence-electron chi connectivity index (χ0n) is 13.4. The molecule has 0 bridgehead atoms. The fourth-order valence-corrected chi connectivity index (χ4v) is 3.19. The molecule has 1 amide bonds. The van der Waals surface area contributed by atoms with Crippen LogP contribution in [0.2, 0.25) is 0 Å². The van der Waals surface area contributed by atoms with Crippen LogP contribution >= 0.6 is 0 Å². The predicted molar refractivity (Wildman–Crippen MR) is 82.2 cm³/mol. The third kappa shape index (κ3) is 2.43. The van der Waals surface area contributed by atoms with Gasteiger partial charge in [-0.25, -0.2) is 0 Å². The Hall–Kier alpha value is -1.84. The summed E-state index contributed by atoms with van der Waals surface area (Å²) in [6.07, 6.45) is 0.213. The van der Waals surface area contributed by atoms with E-state index in [1.54, 1.807) is 4.90 Å². The number of carbonyl (C=O) groups is 2. The van der Waals surface area contributed by atoms with Gasteiger partial charge in [-0.1, -0.05) is 32.0 Å². The number of methoxy groups -OCH3 is 1. The van der Waals surface area contributed by atoms with Crippen molar-refractivity contribution in [1.82, 2.24) is 0 Å². The van der Waals surface area contributed by atoms with E-state index in [4.69, 9.17) is 4.74 Å². The van der Waals surface area contributed by atoms with Gasteiger partial charge in [0, 0.05) is 18.7 Å². The van der Waals surface area contributed by atoms with E-state index in [0.29, 0.717) is 6.54 Å². The molecule has 2 rings (SSSR count). The largest absolute Gasteiger partial charge is 0.469 e. The van der Waals surface area contributed by atoms with Gasteiger partial charge in [0.25, 0.3) is 0 Å². The van der Waals surface area contributed by atoms with Gasteiger partial charge in [-0.2, -0.15) is 0 Å². The molecular formula is C17H23NO3. The molecule has 0 N–H and O–H groups in total. The summed E-state index contributed by atoms with van der Waals surface area (Å²) in [5.41, 5.74) is 2.27. The van der Waals surface area contributed by atoms with Gasteiger partial charge in [-0.15, -0.1) is 0 Å². The molecule has 1 fully saturated rings. The molecule has 1 aromatic rings. The van der Waals surface area contributed by atoms with Crippen molar-refractivity contribution < 1.29 is 14.3 Å². The van der Waals surface area contributed by atoms with Crippen molar-refractivity contribution in [3.8, 4) is 0 Å². The monoisotopic (exact) mass is 289 g/mol. The summed E-state index contributed by atoms with van der Waals surface area (Å²) < 4.78 is 4.97. The maximum atomic E-state index is 12.5. The first-order valence-corrected chi connectivity index (χ1v) is 7.28. The number of rotatable bonds is 3. The number of hydrogen-bond donors (Lipinski definition) is 0. The lowest BCUT2D eigenvalue weighted by atomic mass is 9.76. The van der Waals surface area contributed by atoms with Crippen LogP contribution < -0.4 is 4.90 Å². The van der Waals surface area contributed by atoms with Gasteiger partial charge in [0.05, 0.1) is 12.5 Å². The van der Waals surface area contributed by atoms with Crippen molar-refractivity contribution in [2.75, 3.05) is 18.6 Å². The molecule has 1 aliphatic heterocycles. The third-order valence-electron chi connectivity index (χ3n) is 4.61. The van der Waals surface area contributed by atoms with Gasteiger partial charge in [0.15, 0.2) is 0 Å². The van der Waals surface area contributed by atoms with Crippen molar-refractivity contribution in [2.24, 2.45) is 11.3 Å². The zero-order chi connectivity index (χ0) is 15.8. The molecular weight excluding hydrogens is 266 g/mol. The van der Waals surface area contributed by atoms with E-state index in [-0.39, 0.29) is 24.2 Å². The number of para-hydroxylation sites is 1. The van der Waals surface area contributed by atoms with Gasteiger partial charge in [0.2, 0.25) is 5.91 Å². The molecule has 1 saturated heterocycles. The molecule has 1 aliphatic rings. The molecule has 1 unspecified atom stereocenters. The molecule has 0 aliphatic carbocycles. The smallest absolute Gasteiger partial charge is 0.314 e. The number of aryl methyl sites for hydroxylation is 2. The summed E-state index contributed by atoms with van der Waals surface area (Å²) >= 11 is 0. The number of amides is 1. The predicted octanol–water partition coefficient (Wildman–Crippen LogP) is 2.86. The maximum Gasteiger partial charge on any atom is 0.314 e. The van der Waals surface area contributed by atoms with E-state index in [2.05, 4.69) is 0 Å². The number of nitrogens with zero attached hydrogens (tertiary/aromatic N) is 1. The molecule has 1 atom stereocenters. The van der Waals surface area contributed by atoms with Crippen molar-refractivity contribution in [3.05, 3.63) is 29.3 Å². The van der Waals surface area contributed by atoms with E-state index in [1.165, 1.54) is 7.11 Å². The molecule has 0 spiro atoms. The minimum Gasteiger partial charge on any atom is -0.469 e. The second-order valence-electron chi connectivity index (χ2n) is 6.20. The summed E-state index contributed by atoms with van der Waals surface area (Å²) in [5, 5.41) is 0. The molecule has 1 heterocycles. The van der Waals surface area contributed by atoms with E-state index in [9.17, 15) is 9.59 Å². The normalized spacial score (nSPS) is 22.0. The minimum absolute atomic E-state index is 0.00787. The van der Waals surface area contributed by atoms with Crippen molar-refractivity contribution in [2.45, 2.75) is 34.1 Å². The Morgan fingerprint density at radius 1 is 1.29 bits per heavy atom. The summed E-state index contributed by atoms with van der Waals surface area (Å²) in [4.78, 5) is 26.6. The lowest BCUT2D eigenvalue weighted by Gasteiger charge is -2.30. The quantitative estimate of drug-likeness (QED) is 0.804. The average molecular weight is 289 g/mol. The lowest BCUT2D eigenvalue weighted by molar-refractivity contribution is -0.155. The Bertz CT molecular complexity index is 559. The van der Waals surface area contributed by atoms with Gasteiger partial charge >= 0.3 is 5.97 Å². The topological polar surface area (TPSA) is 46.6 Å². The van der Waals surface area contributed by atoms with E-state index < -0.39 is 5.41 Å². The SMILES string of the molecule is COC(=O)C1(C(C)C)CC(=O)N(c2c(C)cccc2C)C1. The molecule has 4 nitrogen and oxygen atoms in total. The first kappa shape index (κ1) is 15.5. The van der Waals surface area contributed by atoms with Crippen LogP contribution in [0.25, 0.3) is 0 Å². The molecule has 0 saturated carbocycles. The fraction of sp³-hybridized carbons (Fsp3) is 0.529. The number of esters is 1. The van der Waals surface area contributed by atoms with Gasteiger partial charge in [-0.05, 0) is 30.9 Å². The standard InChI is InChI=1S/C17H23NO3/c1-11(2)17(16(20)21-5)9-14(19)18(10-17)15-12(3)7-6-8-13(15)4/h6-8,11H,9-10H2,1-5H3. The maximum absolute atomic E-state index is 12.5. The third-order valence-corrected chi connectivity index (χ3v) is 4.61. The van der Waals surface area contributed by atoms with Crippen molar-refractivity contribution >= 4 is 17.6 Å². The summed E-state index contributed by atoms with van der Waals surface area (Å²) in [7, 11) is 1.39. The molecule has 4 heteroatoms. The van der Waals surface area contributed by atoms with Gasteiger partial charge in [0.1, 0.15) is 0 Å². The number of ether oxygens (including phenoxy) is 1. The van der Waals surface area contributed by atoms with Crippen LogP contribution in [0.3, 0.4) is 0 Å². The zero-order valence-corrected chi connectivity index (χ0v) is 13.4. The van der Waals surface area contributed by atoms with Crippen LogP contribution in [0.5, 0.6) is 0 Å². The van der Waals surface area contributed by atoms with Gasteiger partial charge < -0.3 is 9.64 Å². The number of anilines is 1. The van der Waals surface area contributed by atoms with Crippen LogP contribution in [0.1, 0.15) is 31.4 Å². The van der Waals surface area contributed by atoms with Crippen LogP contribution in [0.4, 0.5) is 5.69 Å². The average Bonchev–Trinajstić information content (AvgIpc) is 2.77. The highest BCUT2D eigenvalue weighted by Crippen LogP contribution is 2.42. The highest BCUT2D eigenvalue weighted by Gasteiger charge is 2.52. The summed E-state index contributed by atoms with van der Waals surface area (Å²) in [5.74, 6) is -0.255. The van der Waals surface area contributed by atoms with E-state index >= 15 is 0 Å². The Kier molecular flexibility index (Phi) is 4.08. The Labute approximate surface area is 126 Å². The number of carbonyl (C=O) groups excluding carboxylic acids is 2. The molecule has 114 valence electrons. The molecule has 0 radical (unpaired) electrons. The first-order chi connectivity index (χ1) is 9.83.